The maximum absolute atomic E-state index is 12.3. The van der Waals surface area contributed by atoms with E-state index in [1.54, 1.807) is 24.3 Å². The summed E-state index contributed by atoms with van der Waals surface area (Å²) in [6, 6.07) is 14.7. The van der Waals surface area contributed by atoms with Crippen molar-refractivity contribution >= 4 is 23.2 Å². The Labute approximate surface area is 129 Å². The molecule has 0 aliphatic rings. The first kappa shape index (κ1) is 15.4. The minimum Gasteiger partial charge on any atom is -0.481 e. The summed E-state index contributed by atoms with van der Waals surface area (Å²) in [5.74, 6) is 0.432. The van der Waals surface area contributed by atoms with Gasteiger partial charge in [0.15, 0.2) is 6.10 Å². The smallest absolute Gasteiger partial charge is 0.265 e. The minimum absolute atomic E-state index is 0.160. The van der Waals surface area contributed by atoms with E-state index in [-0.39, 0.29) is 5.91 Å². The molecule has 1 N–H and O–H groups in total. The van der Waals surface area contributed by atoms with Crippen molar-refractivity contribution in [3.8, 4) is 5.75 Å². The lowest BCUT2D eigenvalue weighted by Crippen LogP contribution is -2.32. The second-order valence-electron chi connectivity index (χ2n) is 4.78. The fraction of sp³-hybridized carbons (Fsp3) is 0.235. The molecule has 1 atom stereocenters. The quantitative estimate of drug-likeness (QED) is 0.886. The molecule has 0 saturated heterocycles. The third-order valence-electron chi connectivity index (χ3n) is 3.14. The standard InChI is InChI=1S/C17H18ClNO2/c1-3-16(21-14-9-6-8-13(18)11-14)17(20)19-15-10-5-4-7-12(15)2/h4-11,16H,3H2,1-2H3,(H,19,20)/t16-/m0/s1. The number of nitrogens with one attached hydrogen (secondary N) is 1. The van der Waals surface area contributed by atoms with E-state index in [2.05, 4.69) is 5.32 Å². The molecule has 0 spiro atoms. The predicted molar refractivity (Wildman–Crippen MR) is 86.0 cm³/mol. The molecule has 0 fully saturated rings. The van der Waals surface area contributed by atoms with Gasteiger partial charge < -0.3 is 10.1 Å². The number of aryl methyl sites for hydroxylation is 1. The molecule has 2 rings (SSSR count). The highest BCUT2D eigenvalue weighted by atomic mass is 35.5. The van der Waals surface area contributed by atoms with Gasteiger partial charge >= 0.3 is 0 Å². The van der Waals surface area contributed by atoms with Crippen molar-refractivity contribution in [2.75, 3.05) is 5.32 Å². The molecule has 2 aromatic rings. The Hall–Kier alpha value is -2.00. The summed E-state index contributed by atoms with van der Waals surface area (Å²) >= 11 is 5.92. The van der Waals surface area contributed by atoms with Gasteiger partial charge in [0.25, 0.3) is 5.91 Å². The van der Waals surface area contributed by atoms with Crippen molar-refractivity contribution in [1.82, 2.24) is 0 Å². The number of ether oxygens (including phenoxy) is 1. The van der Waals surface area contributed by atoms with Crippen LogP contribution in [-0.4, -0.2) is 12.0 Å². The average Bonchev–Trinajstić information content (AvgIpc) is 2.47. The van der Waals surface area contributed by atoms with Crippen LogP contribution >= 0.6 is 11.6 Å². The van der Waals surface area contributed by atoms with Crippen LogP contribution in [0.4, 0.5) is 5.69 Å². The summed E-state index contributed by atoms with van der Waals surface area (Å²) in [4.78, 5) is 12.3. The van der Waals surface area contributed by atoms with Crippen molar-refractivity contribution in [2.45, 2.75) is 26.4 Å². The Morgan fingerprint density at radius 2 is 2.00 bits per heavy atom. The number of hydrogen-bond acceptors (Lipinski definition) is 2. The van der Waals surface area contributed by atoms with E-state index in [0.717, 1.165) is 11.3 Å². The number of para-hydroxylation sites is 1. The molecule has 0 unspecified atom stereocenters. The lowest BCUT2D eigenvalue weighted by atomic mass is 10.2. The molecular formula is C17H18ClNO2. The van der Waals surface area contributed by atoms with Crippen LogP contribution in [0.2, 0.25) is 5.02 Å². The Morgan fingerprint density at radius 3 is 2.67 bits per heavy atom. The first-order chi connectivity index (χ1) is 10.1. The number of carbonyl (C=O) groups excluding carboxylic acids is 1. The molecule has 0 aromatic heterocycles. The van der Waals surface area contributed by atoms with Gasteiger partial charge in [-0.25, -0.2) is 0 Å². The molecule has 4 heteroatoms. The van der Waals surface area contributed by atoms with E-state index in [9.17, 15) is 4.79 Å². The molecule has 2 aromatic carbocycles. The molecule has 0 bridgehead atoms. The van der Waals surface area contributed by atoms with E-state index >= 15 is 0 Å². The van der Waals surface area contributed by atoms with Gasteiger partial charge in [0.1, 0.15) is 5.75 Å². The number of amides is 1. The SMILES string of the molecule is CC[C@H](Oc1cccc(Cl)c1)C(=O)Nc1ccccc1C. The van der Waals surface area contributed by atoms with Crippen LogP contribution in [0.3, 0.4) is 0 Å². The number of rotatable bonds is 5. The monoisotopic (exact) mass is 303 g/mol. The van der Waals surface area contributed by atoms with Gasteiger partial charge in [-0.1, -0.05) is 42.8 Å². The topological polar surface area (TPSA) is 38.3 Å². The summed E-state index contributed by atoms with van der Waals surface area (Å²) in [6.45, 7) is 3.86. The van der Waals surface area contributed by atoms with Crippen LogP contribution < -0.4 is 10.1 Å². The second-order valence-corrected chi connectivity index (χ2v) is 5.21. The van der Waals surface area contributed by atoms with Gasteiger partial charge in [-0.3, -0.25) is 4.79 Å². The van der Waals surface area contributed by atoms with E-state index in [1.807, 2.05) is 38.1 Å². The lowest BCUT2D eigenvalue weighted by molar-refractivity contribution is -0.122. The molecule has 0 radical (unpaired) electrons. The zero-order valence-corrected chi connectivity index (χ0v) is 12.9. The Bertz CT molecular complexity index is 628. The summed E-state index contributed by atoms with van der Waals surface area (Å²) in [6.07, 6.45) is 0.0209. The normalized spacial score (nSPS) is 11.8. The molecule has 0 aliphatic heterocycles. The molecule has 0 aliphatic carbocycles. The predicted octanol–water partition coefficient (Wildman–Crippen LogP) is 4.44. The molecule has 110 valence electrons. The van der Waals surface area contributed by atoms with Crippen molar-refractivity contribution in [2.24, 2.45) is 0 Å². The Morgan fingerprint density at radius 1 is 1.24 bits per heavy atom. The highest BCUT2D eigenvalue weighted by Gasteiger charge is 2.19. The van der Waals surface area contributed by atoms with Gasteiger partial charge in [-0.15, -0.1) is 0 Å². The van der Waals surface area contributed by atoms with Crippen molar-refractivity contribution < 1.29 is 9.53 Å². The largest absolute Gasteiger partial charge is 0.481 e. The fourth-order valence-corrected chi connectivity index (χ4v) is 2.13. The van der Waals surface area contributed by atoms with Crippen LogP contribution in [0.25, 0.3) is 0 Å². The van der Waals surface area contributed by atoms with Crippen molar-refractivity contribution in [1.29, 1.82) is 0 Å². The fourth-order valence-electron chi connectivity index (χ4n) is 1.95. The van der Waals surface area contributed by atoms with Crippen molar-refractivity contribution in [3.63, 3.8) is 0 Å². The maximum Gasteiger partial charge on any atom is 0.265 e. The Balaban J connectivity index is 2.07. The van der Waals surface area contributed by atoms with Gasteiger partial charge in [0, 0.05) is 10.7 Å². The van der Waals surface area contributed by atoms with E-state index in [1.165, 1.54) is 0 Å². The third kappa shape index (κ3) is 4.23. The van der Waals surface area contributed by atoms with Gasteiger partial charge in [-0.05, 0) is 43.2 Å². The highest BCUT2D eigenvalue weighted by molar-refractivity contribution is 6.30. The number of anilines is 1. The molecule has 1 amide bonds. The summed E-state index contributed by atoms with van der Waals surface area (Å²) < 4.78 is 5.72. The molecular weight excluding hydrogens is 286 g/mol. The Kier molecular flexibility index (Phi) is 5.23. The lowest BCUT2D eigenvalue weighted by Gasteiger charge is -2.18. The zero-order valence-electron chi connectivity index (χ0n) is 12.1. The molecule has 0 saturated carbocycles. The van der Waals surface area contributed by atoms with Gasteiger partial charge in [0.05, 0.1) is 0 Å². The summed E-state index contributed by atoms with van der Waals surface area (Å²) in [7, 11) is 0. The third-order valence-corrected chi connectivity index (χ3v) is 3.38. The van der Waals surface area contributed by atoms with E-state index < -0.39 is 6.10 Å². The van der Waals surface area contributed by atoms with Gasteiger partial charge in [-0.2, -0.15) is 0 Å². The van der Waals surface area contributed by atoms with Crippen molar-refractivity contribution in [3.05, 3.63) is 59.1 Å². The number of halogens is 1. The van der Waals surface area contributed by atoms with Crippen LogP contribution in [0, 0.1) is 6.92 Å². The highest BCUT2D eigenvalue weighted by Crippen LogP contribution is 2.20. The number of benzene rings is 2. The van der Waals surface area contributed by atoms with Crippen LogP contribution in [0.5, 0.6) is 5.75 Å². The first-order valence-electron chi connectivity index (χ1n) is 6.89. The van der Waals surface area contributed by atoms with E-state index in [4.69, 9.17) is 16.3 Å². The van der Waals surface area contributed by atoms with Crippen LogP contribution in [-0.2, 0) is 4.79 Å². The molecule has 21 heavy (non-hydrogen) atoms. The maximum atomic E-state index is 12.3. The second kappa shape index (κ2) is 7.14. The minimum atomic E-state index is -0.553. The average molecular weight is 304 g/mol. The zero-order chi connectivity index (χ0) is 15.2. The summed E-state index contributed by atoms with van der Waals surface area (Å²) in [5.41, 5.74) is 1.82. The first-order valence-corrected chi connectivity index (χ1v) is 7.26. The van der Waals surface area contributed by atoms with Gasteiger partial charge in [0.2, 0.25) is 0 Å². The number of hydrogen-bond donors (Lipinski definition) is 1. The van der Waals surface area contributed by atoms with Crippen LogP contribution in [0.15, 0.2) is 48.5 Å². The van der Waals surface area contributed by atoms with Crippen LogP contribution in [0.1, 0.15) is 18.9 Å². The number of carbonyl (C=O) groups is 1. The molecule has 3 nitrogen and oxygen atoms in total. The van der Waals surface area contributed by atoms with E-state index in [0.29, 0.717) is 17.2 Å². The summed E-state index contributed by atoms with van der Waals surface area (Å²) in [5, 5.41) is 3.48. The molecule has 0 heterocycles.